The van der Waals surface area contributed by atoms with Gasteiger partial charge in [0.1, 0.15) is 0 Å². The molecule has 0 N–H and O–H groups in total. The third-order valence-electron chi connectivity index (χ3n) is 2.62. The van der Waals surface area contributed by atoms with E-state index >= 15 is 0 Å². The van der Waals surface area contributed by atoms with E-state index in [1.807, 2.05) is 31.2 Å². The second kappa shape index (κ2) is 4.91. The molecule has 94 valence electrons. The van der Waals surface area contributed by atoms with E-state index < -0.39 is 11.7 Å². The summed E-state index contributed by atoms with van der Waals surface area (Å²) in [6, 6.07) is 11.9. The van der Waals surface area contributed by atoms with Gasteiger partial charge in [-0.05, 0) is 52.8 Å². The predicted molar refractivity (Wildman–Crippen MR) is 74.3 cm³/mol. The molecule has 2 aromatic rings. The first-order chi connectivity index (χ1) is 8.38. The Hall–Kier alpha value is -1.04. The summed E-state index contributed by atoms with van der Waals surface area (Å²) in [5, 5.41) is 0. The molecule has 4 heteroatoms. The van der Waals surface area contributed by atoms with Crippen LogP contribution in [0.5, 0.6) is 0 Å². The van der Waals surface area contributed by atoms with Gasteiger partial charge in [0.15, 0.2) is 0 Å². The maximum atomic E-state index is 12.8. The largest absolute Gasteiger partial charge is 0.417 e. The van der Waals surface area contributed by atoms with Crippen LogP contribution >= 0.6 is 22.6 Å². The highest BCUT2D eigenvalue weighted by Gasteiger charge is 2.33. The molecular weight excluding hydrogens is 352 g/mol. The highest BCUT2D eigenvalue weighted by molar-refractivity contribution is 14.1. The summed E-state index contributed by atoms with van der Waals surface area (Å²) in [4.78, 5) is 0. The molecule has 0 bridgehead atoms. The van der Waals surface area contributed by atoms with Gasteiger partial charge in [0.05, 0.1) is 5.56 Å². The Bertz CT molecular complexity index is 573. The average molecular weight is 362 g/mol. The molecule has 0 spiro atoms. The lowest BCUT2D eigenvalue weighted by Crippen LogP contribution is -2.07. The molecule has 18 heavy (non-hydrogen) atoms. The van der Waals surface area contributed by atoms with Crippen molar-refractivity contribution in [2.45, 2.75) is 13.1 Å². The molecule has 0 aliphatic heterocycles. The topological polar surface area (TPSA) is 0 Å². The van der Waals surface area contributed by atoms with E-state index in [-0.39, 0.29) is 3.57 Å². The number of benzene rings is 2. The van der Waals surface area contributed by atoms with Crippen molar-refractivity contribution in [2.24, 2.45) is 0 Å². The first-order valence-electron chi connectivity index (χ1n) is 5.32. The monoisotopic (exact) mass is 362 g/mol. The SMILES string of the molecule is Cc1cccc(-c2ccc(I)c(C(F)(F)F)c2)c1. The van der Waals surface area contributed by atoms with E-state index in [9.17, 15) is 13.2 Å². The Morgan fingerprint density at radius 1 is 0.944 bits per heavy atom. The Morgan fingerprint density at radius 2 is 1.61 bits per heavy atom. The van der Waals surface area contributed by atoms with Crippen LogP contribution in [0.2, 0.25) is 0 Å². The summed E-state index contributed by atoms with van der Waals surface area (Å²) in [5.74, 6) is 0. The van der Waals surface area contributed by atoms with Crippen molar-refractivity contribution in [1.82, 2.24) is 0 Å². The van der Waals surface area contributed by atoms with Crippen LogP contribution in [0, 0.1) is 10.5 Å². The smallest absolute Gasteiger partial charge is 0.166 e. The second-order valence-electron chi connectivity index (χ2n) is 4.06. The van der Waals surface area contributed by atoms with Gasteiger partial charge in [-0.25, -0.2) is 0 Å². The molecule has 0 nitrogen and oxygen atoms in total. The number of hydrogen-bond donors (Lipinski definition) is 0. The molecule has 0 unspecified atom stereocenters. The Kier molecular flexibility index (Phi) is 3.66. The molecule has 0 aliphatic rings. The minimum absolute atomic E-state index is 0.219. The Labute approximate surface area is 117 Å². The van der Waals surface area contributed by atoms with Gasteiger partial charge in [0.25, 0.3) is 0 Å². The van der Waals surface area contributed by atoms with Gasteiger partial charge in [0.2, 0.25) is 0 Å². The van der Waals surface area contributed by atoms with Crippen LogP contribution in [0.1, 0.15) is 11.1 Å². The molecule has 0 saturated heterocycles. The van der Waals surface area contributed by atoms with Gasteiger partial charge in [0, 0.05) is 3.57 Å². The molecule has 2 aromatic carbocycles. The van der Waals surface area contributed by atoms with Crippen molar-refractivity contribution < 1.29 is 13.2 Å². The van der Waals surface area contributed by atoms with Crippen LogP contribution < -0.4 is 0 Å². The van der Waals surface area contributed by atoms with Crippen molar-refractivity contribution >= 4 is 22.6 Å². The minimum Gasteiger partial charge on any atom is -0.166 e. The Morgan fingerprint density at radius 3 is 2.22 bits per heavy atom. The first kappa shape index (κ1) is 13.4. The fraction of sp³-hybridized carbons (Fsp3) is 0.143. The van der Waals surface area contributed by atoms with Gasteiger partial charge in [-0.3, -0.25) is 0 Å². The Balaban J connectivity index is 2.54. The average Bonchev–Trinajstić information content (AvgIpc) is 2.28. The molecule has 0 saturated carbocycles. The van der Waals surface area contributed by atoms with Gasteiger partial charge >= 0.3 is 6.18 Å². The van der Waals surface area contributed by atoms with Crippen LogP contribution in [-0.4, -0.2) is 0 Å². The summed E-state index contributed by atoms with van der Waals surface area (Å²) < 4.78 is 38.7. The van der Waals surface area contributed by atoms with Crippen LogP contribution in [-0.2, 0) is 6.18 Å². The van der Waals surface area contributed by atoms with E-state index in [1.54, 1.807) is 28.7 Å². The zero-order valence-electron chi connectivity index (χ0n) is 9.55. The molecule has 0 amide bonds. The lowest BCUT2D eigenvalue weighted by Gasteiger charge is -2.11. The van der Waals surface area contributed by atoms with Crippen LogP contribution in [0.4, 0.5) is 13.2 Å². The molecule has 2 rings (SSSR count). The highest BCUT2D eigenvalue weighted by Crippen LogP contribution is 2.35. The number of halogens is 4. The summed E-state index contributed by atoms with van der Waals surface area (Å²) >= 11 is 1.71. The maximum absolute atomic E-state index is 12.8. The van der Waals surface area contributed by atoms with Gasteiger partial charge in [-0.2, -0.15) is 13.2 Å². The summed E-state index contributed by atoms with van der Waals surface area (Å²) in [6.45, 7) is 1.92. The third-order valence-corrected chi connectivity index (χ3v) is 3.56. The van der Waals surface area contributed by atoms with Crippen molar-refractivity contribution in [3.63, 3.8) is 0 Å². The zero-order chi connectivity index (χ0) is 13.3. The van der Waals surface area contributed by atoms with Crippen LogP contribution in [0.25, 0.3) is 11.1 Å². The van der Waals surface area contributed by atoms with Gasteiger partial charge in [-0.15, -0.1) is 0 Å². The normalized spacial score (nSPS) is 11.6. The number of hydrogen-bond acceptors (Lipinski definition) is 0. The van der Waals surface area contributed by atoms with E-state index in [2.05, 4.69) is 0 Å². The van der Waals surface area contributed by atoms with Crippen molar-refractivity contribution in [2.75, 3.05) is 0 Å². The van der Waals surface area contributed by atoms with Crippen molar-refractivity contribution in [3.05, 3.63) is 57.2 Å². The minimum atomic E-state index is -4.31. The van der Waals surface area contributed by atoms with E-state index in [0.717, 1.165) is 11.1 Å². The van der Waals surface area contributed by atoms with Crippen LogP contribution in [0.3, 0.4) is 0 Å². The standard InChI is InChI=1S/C14H10F3I/c1-9-3-2-4-10(7-9)11-5-6-13(18)12(8-11)14(15,16)17/h2-8H,1H3. The zero-order valence-corrected chi connectivity index (χ0v) is 11.7. The molecule has 0 heterocycles. The van der Waals surface area contributed by atoms with E-state index in [1.165, 1.54) is 12.1 Å². The lowest BCUT2D eigenvalue weighted by atomic mass is 10.0. The molecule has 0 atom stereocenters. The van der Waals surface area contributed by atoms with Gasteiger partial charge in [-0.1, -0.05) is 35.9 Å². The number of aryl methyl sites for hydroxylation is 1. The summed E-state index contributed by atoms with van der Waals surface area (Å²) in [7, 11) is 0. The lowest BCUT2D eigenvalue weighted by molar-refractivity contribution is -0.138. The molecule has 0 aromatic heterocycles. The second-order valence-corrected chi connectivity index (χ2v) is 5.22. The van der Waals surface area contributed by atoms with Crippen molar-refractivity contribution in [1.29, 1.82) is 0 Å². The third kappa shape index (κ3) is 2.85. The molecular formula is C14H10F3I. The summed E-state index contributed by atoms with van der Waals surface area (Å²) in [6.07, 6.45) is -4.31. The quantitative estimate of drug-likeness (QED) is 0.605. The highest BCUT2D eigenvalue weighted by atomic mass is 127. The summed E-state index contributed by atoms with van der Waals surface area (Å²) in [5.41, 5.74) is 1.84. The first-order valence-corrected chi connectivity index (χ1v) is 6.39. The maximum Gasteiger partial charge on any atom is 0.417 e. The van der Waals surface area contributed by atoms with E-state index in [0.29, 0.717) is 5.56 Å². The predicted octanol–water partition coefficient (Wildman–Crippen LogP) is 5.29. The van der Waals surface area contributed by atoms with Crippen LogP contribution in [0.15, 0.2) is 42.5 Å². The molecule has 0 aliphatic carbocycles. The van der Waals surface area contributed by atoms with Gasteiger partial charge < -0.3 is 0 Å². The van der Waals surface area contributed by atoms with Crippen molar-refractivity contribution in [3.8, 4) is 11.1 Å². The fourth-order valence-electron chi connectivity index (χ4n) is 1.75. The van der Waals surface area contributed by atoms with E-state index in [4.69, 9.17) is 0 Å². The molecule has 0 radical (unpaired) electrons. The number of rotatable bonds is 1. The molecule has 0 fully saturated rings. The fourth-order valence-corrected chi connectivity index (χ4v) is 2.39. The number of alkyl halides is 3.